The van der Waals surface area contributed by atoms with Crippen molar-refractivity contribution < 1.29 is 14.3 Å². The first-order chi connectivity index (χ1) is 15.5. The number of rotatable bonds is 3. The zero-order valence-corrected chi connectivity index (χ0v) is 18.7. The van der Waals surface area contributed by atoms with Crippen LogP contribution >= 0.6 is 0 Å². The van der Waals surface area contributed by atoms with Crippen LogP contribution in [-0.2, 0) is 9.59 Å². The van der Waals surface area contributed by atoms with E-state index in [0.29, 0.717) is 30.5 Å². The first-order valence-electron chi connectivity index (χ1n) is 11.5. The fourth-order valence-electron chi connectivity index (χ4n) is 5.05. The van der Waals surface area contributed by atoms with E-state index < -0.39 is 5.66 Å². The van der Waals surface area contributed by atoms with Gasteiger partial charge in [-0.1, -0.05) is 43.3 Å². The Morgan fingerprint density at radius 1 is 1.16 bits per heavy atom. The van der Waals surface area contributed by atoms with E-state index in [-0.39, 0.29) is 18.4 Å². The van der Waals surface area contributed by atoms with Crippen LogP contribution in [0, 0.1) is 12.8 Å². The van der Waals surface area contributed by atoms with Crippen LogP contribution in [-0.4, -0.2) is 47.8 Å². The Hall–Kier alpha value is -3.15. The van der Waals surface area contributed by atoms with Gasteiger partial charge in [-0.25, -0.2) is 0 Å². The molecule has 6 nitrogen and oxygen atoms in total. The minimum Gasteiger partial charge on any atom is -0.490 e. The third kappa shape index (κ3) is 3.57. The summed E-state index contributed by atoms with van der Waals surface area (Å²) in [5.74, 6) is 1.09. The molecule has 0 aromatic heterocycles. The van der Waals surface area contributed by atoms with Crippen molar-refractivity contribution in [3.8, 4) is 5.75 Å². The van der Waals surface area contributed by atoms with E-state index >= 15 is 0 Å². The maximum atomic E-state index is 13.6. The Balaban J connectivity index is 1.45. The summed E-state index contributed by atoms with van der Waals surface area (Å²) in [6.45, 7) is 5.20. The number of benzene rings is 2. The average Bonchev–Trinajstić information content (AvgIpc) is 3.07. The molecule has 1 spiro atoms. The Bertz CT molecular complexity index is 1070. The third-order valence-corrected chi connectivity index (χ3v) is 6.96. The van der Waals surface area contributed by atoms with Gasteiger partial charge in [0, 0.05) is 5.56 Å². The number of amides is 2. The summed E-state index contributed by atoms with van der Waals surface area (Å²) in [4.78, 5) is 35.6. The van der Waals surface area contributed by atoms with Gasteiger partial charge in [0.25, 0.3) is 5.91 Å². The largest absolute Gasteiger partial charge is 0.490 e. The summed E-state index contributed by atoms with van der Waals surface area (Å²) in [5.41, 5.74) is 2.52. The number of aliphatic imine (C=N–C) groups is 1. The minimum atomic E-state index is -0.619. The second-order valence-corrected chi connectivity index (χ2v) is 9.25. The van der Waals surface area contributed by atoms with Crippen LogP contribution in [0.25, 0.3) is 0 Å². The Morgan fingerprint density at radius 3 is 2.66 bits per heavy atom. The van der Waals surface area contributed by atoms with E-state index in [1.54, 1.807) is 9.80 Å². The second kappa shape index (κ2) is 8.08. The SMILES string of the molecule is Cc1ccc2c(c1)N(C(=O)CN1C(=O)C(c3ccccc3)=NC13CCC(C)CC3)CCO2. The monoisotopic (exact) mass is 431 g/mol. The van der Waals surface area contributed by atoms with E-state index in [1.165, 1.54) is 0 Å². The number of nitrogens with zero attached hydrogens (tertiary/aromatic N) is 3. The molecule has 3 aliphatic rings. The molecule has 0 N–H and O–H groups in total. The van der Waals surface area contributed by atoms with Gasteiger partial charge in [-0.15, -0.1) is 0 Å². The molecule has 2 aliphatic heterocycles. The molecule has 166 valence electrons. The zero-order valence-electron chi connectivity index (χ0n) is 18.7. The van der Waals surface area contributed by atoms with Gasteiger partial charge in [-0.3, -0.25) is 14.6 Å². The van der Waals surface area contributed by atoms with E-state index in [2.05, 4.69) is 6.92 Å². The molecule has 5 rings (SSSR count). The molecule has 0 unspecified atom stereocenters. The van der Waals surface area contributed by atoms with E-state index in [9.17, 15) is 9.59 Å². The molecule has 32 heavy (non-hydrogen) atoms. The lowest BCUT2D eigenvalue weighted by Gasteiger charge is -2.41. The highest BCUT2D eigenvalue weighted by Gasteiger charge is 2.49. The highest BCUT2D eigenvalue weighted by atomic mass is 16.5. The quantitative estimate of drug-likeness (QED) is 0.739. The molecule has 2 aromatic rings. The van der Waals surface area contributed by atoms with Crippen LogP contribution in [0.1, 0.15) is 43.7 Å². The molecule has 2 amide bonds. The maximum absolute atomic E-state index is 13.6. The van der Waals surface area contributed by atoms with Crippen molar-refractivity contribution in [1.29, 1.82) is 0 Å². The van der Waals surface area contributed by atoms with Gasteiger partial charge in [0.2, 0.25) is 5.91 Å². The Labute approximate surface area is 188 Å². The molecular weight excluding hydrogens is 402 g/mol. The number of hydrogen-bond acceptors (Lipinski definition) is 4. The number of fused-ring (bicyclic) bond motifs is 1. The molecule has 0 bridgehead atoms. The summed E-state index contributed by atoms with van der Waals surface area (Å²) >= 11 is 0. The van der Waals surface area contributed by atoms with E-state index in [4.69, 9.17) is 9.73 Å². The first kappa shape index (κ1) is 20.7. The average molecular weight is 432 g/mol. The van der Waals surface area contributed by atoms with Crippen molar-refractivity contribution >= 4 is 23.2 Å². The molecule has 1 fully saturated rings. The predicted molar refractivity (Wildman–Crippen MR) is 124 cm³/mol. The summed E-state index contributed by atoms with van der Waals surface area (Å²) in [6, 6.07) is 15.5. The number of aryl methyl sites for hydroxylation is 1. The standard InChI is InChI=1S/C26H29N3O3/c1-18-10-12-26(13-11-18)27-24(20-6-4-3-5-7-20)25(31)29(26)17-23(30)28-14-15-32-22-9-8-19(2)16-21(22)28/h3-9,16,18H,10-15,17H2,1-2H3. The summed E-state index contributed by atoms with van der Waals surface area (Å²) in [7, 11) is 0. The van der Waals surface area contributed by atoms with Gasteiger partial charge in [-0.05, 0) is 56.2 Å². The Morgan fingerprint density at radius 2 is 1.91 bits per heavy atom. The lowest BCUT2D eigenvalue weighted by atomic mass is 9.82. The minimum absolute atomic E-state index is 0.0282. The highest BCUT2D eigenvalue weighted by Crippen LogP contribution is 2.42. The fraction of sp³-hybridized carbons (Fsp3) is 0.423. The summed E-state index contributed by atoms with van der Waals surface area (Å²) in [5, 5.41) is 0. The van der Waals surface area contributed by atoms with Crippen molar-refractivity contribution in [2.75, 3.05) is 24.6 Å². The van der Waals surface area contributed by atoms with Gasteiger partial charge in [0.1, 0.15) is 30.3 Å². The topological polar surface area (TPSA) is 62.2 Å². The van der Waals surface area contributed by atoms with Crippen molar-refractivity contribution in [3.63, 3.8) is 0 Å². The number of ether oxygens (including phenoxy) is 1. The van der Waals surface area contributed by atoms with Crippen LogP contribution in [0.5, 0.6) is 5.75 Å². The summed E-state index contributed by atoms with van der Waals surface area (Å²) < 4.78 is 5.75. The molecule has 0 radical (unpaired) electrons. The van der Waals surface area contributed by atoms with Crippen LogP contribution < -0.4 is 9.64 Å². The molecule has 1 saturated carbocycles. The molecular formula is C26H29N3O3. The molecule has 0 atom stereocenters. The van der Waals surface area contributed by atoms with Crippen molar-refractivity contribution in [1.82, 2.24) is 4.90 Å². The highest BCUT2D eigenvalue weighted by molar-refractivity contribution is 6.47. The van der Waals surface area contributed by atoms with Gasteiger partial charge < -0.3 is 14.5 Å². The zero-order chi connectivity index (χ0) is 22.3. The van der Waals surface area contributed by atoms with Crippen molar-refractivity contribution in [2.24, 2.45) is 10.9 Å². The number of carbonyl (C=O) groups excluding carboxylic acids is 2. The van der Waals surface area contributed by atoms with Gasteiger partial charge in [0.15, 0.2) is 0 Å². The normalized spacial score (nSPS) is 24.9. The van der Waals surface area contributed by atoms with Gasteiger partial charge in [-0.2, -0.15) is 0 Å². The van der Waals surface area contributed by atoms with Gasteiger partial charge >= 0.3 is 0 Å². The van der Waals surface area contributed by atoms with Crippen LogP contribution in [0.15, 0.2) is 53.5 Å². The molecule has 2 heterocycles. The predicted octanol–water partition coefficient (Wildman–Crippen LogP) is 3.96. The van der Waals surface area contributed by atoms with Crippen LogP contribution in [0.3, 0.4) is 0 Å². The molecule has 1 aliphatic carbocycles. The molecule has 2 aromatic carbocycles. The summed E-state index contributed by atoms with van der Waals surface area (Å²) in [6.07, 6.45) is 3.59. The van der Waals surface area contributed by atoms with Crippen molar-refractivity contribution in [2.45, 2.75) is 45.2 Å². The smallest absolute Gasteiger partial charge is 0.275 e. The Kier molecular flexibility index (Phi) is 5.24. The van der Waals surface area contributed by atoms with Crippen LogP contribution in [0.4, 0.5) is 5.69 Å². The fourth-order valence-corrected chi connectivity index (χ4v) is 5.05. The van der Waals surface area contributed by atoms with E-state index in [0.717, 1.165) is 42.5 Å². The second-order valence-electron chi connectivity index (χ2n) is 9.25. The lowest BCUT2D eigenvalue weighted by Crippen LogP contribution is -2.54. The van der Waals surface area contributed by atoms with Crippen molar-refractivity contribution in [3.05, 3.63) is 59.7 Å². The maximum Gasteiger partial charge on any atom is 0.275 e. The molecule has 6 heteroatoms. The number of carbonyl (C=O) groups is 2. The number of anilines is 1. The van der Waals surface area contributed by atoms with E-state index in [1.807, 2.05) is 55.5 Å². The van der Waals surface area contributed by atoms with Crippen LogP contribution in [0.2, 0.25) is 0 Å². The lowest BCUT2D eigenvalue weighted by molar-refractivity contribution is -0.135. The number of hydrogen-bond donors (Lipinski definition) is 0. The van der Waals surface area contributed by atoms with Gasteiger partial charge in [0.05, 0.1) is 12.2 Å². The first-order valence-corrected chi connectivity index (χ1v) is 11.5. The third-order valence-electron chi connectivity index (χ3n) is 6.96. The molecule has 0 saturated heterocycles.